The Balaban J connectivity index is 1.20. The molecule has 0 aromatic heterocycles. The largest absolute Gasteiger partial charge is 0.394 e. The van der Waals surface area contributed by atoms with Crippen LogP contribution in [0.1, 0.15) is 106 Å². The lowest BCUT2D eigenvalue weighted by molar-refractivity contribution is -0.367. The molecule has 7 N–H and O–H groups in total. The van der Waals surface area contributed by atoms with E-state index in [-0.39, 0.29) is 41.3 Å². The van der Waals surface area contributed by atoms with E-state index in [1.54, 1.807) is 0 Å². The number of carbonyl (C=O) groups excluding carboxylic acids is 1. The van der Waals surface area contributed by atoms with Gasteiger partial charge in [-0.05, 0) is 118 Å². The predicted molar refractivity (Wildman–Crippen MR) is 189 cm³/mol. The lowest BCUT2D eigenvalue weighted by atomic mass is 9.35. The van der Waals surface area contributed by atoms with Crippen molar-refractivity contribution in [3.63, 3.8) is 0 Å². The zero-order valence-electron chi connectivity index (χ0n) is 32.0. The molecular weight excluding hydrogens is 672 g/mol. The smallest absolute Gasteiger partial charge is 0.187 e. The van der Waals surface area contributed by atoms with E-state index in [1.807, 2.05) is 0 Å². The molecule has 2 aliphatic heterocycles. The molecule has 4 saturated carbocycles. The third-order valence-electron chi connectivity index (χ3n) is 15.6. The van der Waals surface area contributed by atoms with Crippen molar-refractivity contribution in [2.24, 2.45) is 45.3 Å². The fourth-order valence-electron chi connectivity index (χ4n) is 12.5. The summed E-state index contributed by atoms with van der Waals surface area (Å²) >= 11 is 0. The second kappa shape index (κ2) is 15.1. The molecule has 2 heterocycles. The van der Waals surface area contributed by atoms with Crippen LogP contribution in [-0.4, -0.2) is 123 Å². The van der Waals surface area contributed by atoms with Gasteiger partial charge in [0.05, 0.1) is 25.4 Å². The van der Waals surface area contributed by atoms with Gasteiger partial charge in [0.25, 0.3) is 0 Å². The topological polar surface area (TPSA) is 196 Å². The van der Waals surface area contributed by atoms with Crippen molar-refractivity contribution in [1.82, 2.24) is 0 Å². The molecule has 6 aliphatic rings. The Hall–Kier alpha value is -1.03. The second-order valence-electron chi connectivity index (χ2n) is 18.6. The molecule has 18 atom stereocenters. The van der Waals surface area contributed by atoms with Crippen LogP contribution in [-0.2, 0) is 23.7 Å². The quantitative estimate of drug-likeness (QED) is 0.0986. The van der Waals surface area contributed by atoms with Crippen molar-refractivity contribution in [1.29, 1.82) is 0 Å². The summed E-state index contributed by atoms with van der Waals surface area (Å²) in [5.41, 5.74) is 0.218. The van der Waals surface area contributed by atoms with Crippen molar-refractivity contribution in [2.45, 2.75) is 173 Å². The molecule has 12 heteroatoms. The molecule has 12 nitrogen and oxygen atoms in total. The van der Waals surface area contributed by atoms with Crippen molar-refractivity contribution >= 4 is 6.29 Å². The van der Waals surface area contributed by atoms with Gasteiger partial charge in [-0.25, -0.2) is 0 Å². The third-order valence-corrected chi connectivity index (χ3v) is 15.6. The Kier molecular flexibility index (Phi) is 11.8. The van der Waals surface area contributed by atoms with Crippen molar-refractivity contribution in [3.05, 3.63) is 11.6 Å². The predicted octanol–water partition coefficient (Wildman–Crippen LogP) is 2.61. The van der Waals surface area contributed by atoms with E-state index in [4.69, 9.17) is 18.9 Å². The molecule has 2 saturated heterocycles. The molecule has 52 heavy (non-hydrogen) atoms. The van der Waals surface area contributed by atoms with E-state index in [9.17, 15) is 40.5 Å². The minimum absolute atomic E-state index is 0.0188. The summed E-state index contributed by atoms with van der Waals surface area (Å²) in [5, 5.41) is 73.9. The molecule has 0 aromatic carbocycles. The van der Waals surface area contributed by atoms with Gasteiger partial charge < -0.3 is 59.5 Å². The summed E-state index contributed by atoms with van der Waals surface area (Å²) in [4.78, 5) is 13.6. The maximum Gasteiger partial charge on any atom is 0.187 e. The number of hydrogen-bond acceptors (Lipinski definition) is 12. The molecule has 0 radical (unpaired) electrons. The highest BCUT2D eigenvalue weighted by Crippen LogP contribution is 2.75. The van der Waals surface area contributed by atoms with E-state index < -0.39 is 78.8 Å². The van der Waals surface area contributed by atoms with Crippen molar-refractivity contribution in [3.8, 4) is 0 Å². The molecule has 9 unspecified atom stereocenters. The number of aldehydes is 1. The highest BCUT2D eigenvalue weighted by Gasteiger charge is 2.70. The van der Waals surface area contributed by atoms with Gasteiger partial charge in [0.15, 0.2) is 12.6 Å². The summed E-state index contributed by atoms with van der Waals surface area (Å²) in [6.45, 7) is 12.5. The number of fused-ring (bicyclic) bond motifs is 5. The van der Waals surface area contributed by atoms with Gasteiger partial charge in [-0.15, -0.1) is 0 Å². The minimum Gasteiger partial charge on any atom is -0.394 e. The fourth-order valence-corrected chi connectivity index (χ4v) is 12.5. The van der Waals surface area contributed by atoms with Gasteiger partial charge in [-0.3, -0.25) is 0 Å². The van der Waals surface area contributed by atoms with Gasteiger partial charge in [0, 0.05) is 5.41 Å². The molecular formula is C40H66O12. The summed E-state index contributed by atoms with van der Waals surface area (Å²) in [7, 11) is 0. The van der Waals surface area contributed by atoms with Gasteiger partial charge in [0.1, 0.15) is 49.0 Å². The van der Waals surface area contributed by atoms with Crippen LogP contribution in [0.25, 0.3) is 0 Å². The summed E-state index contributed by atoms with van der Waals surface area (Å²) in [5.74, 6) is 0.922. The maximum atomic E-state index is 13.6. The first-order chi connectivity index (χ1) is 24.5. The average Bonchev–Trinajstić information content (AvgIpc) is 3.46. The normalized spacial score (nSPS) is 50.7. The zero-order valence-corrected chi connectivity index (χ0v) is 32.0. The second-order valence-corrected chi connectivity index (χ2v) is 18.6. The maximum absolute atomic E-state index is 13.6. The number of carbonyl (C=O) groups is 1. The highest BCUT2D eigenvalue weighted by atomic mass is 16.8. The van der Waals surface area contributed by atoms with Gasteiger partial charge in [0.2, 0.25) is 0 Å². The van der Waals surface area contributed by atoms with E-state index in [0.717, 1.165) is 51.4 Å². The number of aliphatic hydroxyl groups is 7. The highest BCUT2D eigenvalue weighted by molar-refractivity contribution is 5.62. The van der Waals surface area contributed by atoms with E-state index in [1.165, 1.54) is 11.9 Å². The third kappa shape index (κ3) is 6.57. The first kappa shape index (κ1) is 40.6. The van der Waals surface area contributed by atoms with Crippen LogP contribution >= 0.6 is 0 Å². The zero-order chi connectivity index (χ0) is 38.0. The molecule has 298 valence electrons. The number of aliphatic hydroxyl groups excluding tert-OH is 7. The SMILES string of the molecule is CC(C)=CCCC(O)C1CCC2(C)C1CCC1C3(C=O)CCC(O[C@@H]4OC[C@@H](O)[C@H](O)[C@H]4O[C@@H]4O[C@H](CO)[C@@H](O)[C@H](O)[C@H]4O)C(C)(C)C3CCC12C. The first-order valence-electron chi connectivity index (χ1n) is 19.8. The Bertz CT molecular complexity index is 1290. The van der Waals surface area contributed by atoms with Crippen LogP contribution in [0.5, 0.6) is 0 Å². The molecule has 0 amide bonds. The Morgan fingerprint density at radius 2 is 1.54 bits per heavy atom. The lowest BCUT2D eigenvalue weighted by Gasteiger charge is -2.69. The summed E-state index contributed by atoms with van der Waals surface area (Å²) in [6, 6.07) is 0. The molecule has 6 fully saturated rings. The van der Waals surface area contributed by atoms with Crippen LogP contribution in [0.3, 0.4) is 0 Å². The standard InChI is InChI=1S/C40H66O12/c1-21(2)8-7-9-24(43)22-12-15-38(5)23(22)10-11-28-39(38,6)16-13-27-37(3,4)29(14-17-40(27,28)20-42)51-36-34(30(45)25(44)19-49-36)52-35-33(48)32(47)31(46)26(18-41)50-35/h8,20,22-36,41,43-48H,7,9-19H2,1-6H3/t22?,23?,24?,25-,26-,27?,28?,29?,30+,31-,32+,33-,34-,35+,36+,38?,39?,40?/m1/s1. The van der Waals surface area contributed by atoms with E-state index >= 15 is 0 Å². The van der Waals surface area contributed by atoms with Crippen molar-refractivity contribution in [2.75, 3.05) is 13.2 Å². The first-order valence-corrected chi connectivity index (χ1v) is 19.8. The summed E-state index contributed by atoms with van der Waals surface area (Å²) < 4.78 is 24.1. The number of rotatable bonds is 10. The monoisotopic (exact) mass is 738 g/mol. The van der Waals surface area contributed by atoms with Gasteiger partial charge in [-0.2, -0.15) is 0 Å². The molecule has 6 rings (SSSR count). The van der Waals surface area contributed by atoms with Crippen LogP contribution in [0, 0.1) is 45.3 Å². The number of ether oxygens (including phenoxy) is 4. The van der Waals surface area contributed by atoms with Gasteiger partial charge in [-0.1, -0.05) is 39.3 Å². The molecule has 0 aromatic rings. The number of hydrogen-bond donors (Lipinski definition) is 7. The molecule has 4 aliphatic carbocycles. The Morgan fingerprint density at radius 3 is 2.21 bits per heavy atom. The summed E-state index contributed by atoms with van der Waals surface area (Å²) in [6.07, 6.45) is -1.55. The minimum atomic E-state index is -1.71. The lowest BCUT2D eigenvalue weighted by Crippen LogP contribution is -2.66. The van der Waals surface area contributed by atoms with Gasteiger partial charge >= 0.3 is 0 Å². The van der Waals surface area contributed by atoms with Crippen LogP contribution < -0.4 is 0 Å². The Morgan fingerprint density at radius 1 is 0.827 bits per heavy atom. The van der Waals surface area contributed by atoms with Crippen molar-refractivity contribution < 1.29 is 59.5 Å². The Labute approximate surface area is 308 Å². The average molecular weight is 739 g/mol. The van der Waals surface area contributed by atoms with Crippen LogP contribution in [0.15, 0.2) is 11.6 Å². The van der Waals surface area contributed by atoms with E-state index in [0.29, 0.717) is 18.8 Å². The van der Waals surface area contributed by atoms with Crippen LogP contribution in [0.4, 0.5) is 0 Å². The van der Waals surface area contributed by atoms with E-state index in [2.05, 4.69) is 47.6 Å². The fraction of sp³-hybridized carbons (Fsp3) is 0.925. The number of allylic oxidation sites excluding steroid dienone is 2. The van der Waals surface area contributed by atoms with Crippen LogP contribution in [0.2, 0.25) is 0 Å². The molecule has 0 spiro atoms. The molecule has 0 bridgehead atoms.